The normalized spacial score (nSPS) is 15.6. The van der Waals surface area contributed by atoms with Crippen LogP contribution in [0.25, 0.3) is 0 Å². The molecule has 1 unspecified atom stereocenters. The summed E-state index contributed by atoms with van der Waals surface area (Å²) in [6, 6.07) is 0. The Labute approximate surface area is 109 Å². The summed E-state index contributed by atoms with van der Waals surface area (Å²) in [7, 11) is -3.40. The fourth-order valence-corrected chi connectivity index (χ4v) is 2.72. The molecule has 5 nitrogen and oxygen atoms in total. The standard InChI is InChI=1S/C10H16F3N3O2S/c1-9(2,3)7-6(5-16(4)15-7)8(10(11,12)13)19(14,17)18/h5,8H,1-4H3,(H2,14,17,18). The highest BCUT2D eigenvalue weighted by molar-refractivity contribution is 7.89. The van der Waals surface area contributed by atoms with Crippen LogP contribution in [-0.4, -0.2) is 24.4 Å². The van der Waals surface area contributed by atoms with Crippen LogP contribution < -0.4 is 5.14 Å². The predicted molar refractivity (Wildman–Crippen MR) is 63.8 cm³/mol. The first-order valence-corrected chi connectivity index (χ1v) is 6.98. The van der Waals surface area contributed by atoms with Gasteiger partial charge in [-0.25, -0.2) is 13.6 Å². The third-order valence-corrected chi connectivity index (χ3v) is 3.65. The van der Waals surface area contributed by atoms with E-state index in [4.69, 9.17) is 5.14 Å². The van der Waals surface area contributed by atoms with Crippen LogP contribution in [0.2, 0.25) is 0 Å². The summed E-state index contributed by atoms with van der Waals surface area (Å²) in [5.74, 6) is 0. The highest BCUT2D eigenvalue weighted by Crippen LogP contribution is 2.41. The minimum absolute atomic E-state index is 0.0614. The van der Waals surface area contributed by atoms with Crippen molar-refractivity contribution in [1.82, 2.24) is 9.78 Å². The van der Waals surface area contributed by atoms with Gasteiger partial charge in [-0.1, -0.05) is 20.8 Å². The number of aromatic nitrogens is 2. The zero-order valence-electron chi connectivity index (χ0n) is 11.0. The van der Waals surface area contributed by atoms with Gasteiger partial charge in [0.15, 0.2) is 5.25 Å². The largest absolute Gasteiger partial charge is 0.410 e. The average Bonchev–Trinajstić information content (AvgIpc) is 2.40. The lowest BCUT2D eigenvalue weighted by Gasteiger charge is -2.23. The predicted octanol–water partition coefficient (Wildman–Crippen LogP) is 1.61. The number of aryl methyl sites for hydroxylation is 1. The fourth-order valence-electron chi connectivity index (χ4n) is 1.82. The van der Waals surface area contributed by atoms with Crippen molar-refractivity contribution in [3.05, 3.63) is 17.5 Å². The molecule has 1 aromatic heterocycles. The van der Waals surface area contributed by atoms with Crippen molar-refractivity contribution in [2.75, 3.05) is 0 Å². The molecule has 9 heteroatoms. The van der Waals surface area contributed by atoms with Crippen LogP contribution in [0.3, 0.4) is 0 Å². The number of primary sulfonamides is 1. The van der Waals surface area contributed by atoms with E-state index in [0.29, 0.717) is 0 Å². The van der Waals surface area contributed by atoms with E-state index in [1.165, 1.54) is 7.05 Å². The van der Waals surface area contributed by atoms with Crippen LogP contribution >= 0.6 is 0 Å². The average molecular weight is 299 g/mol. The van der Waals surface area contributed by atoms with Gasteiger partial charge in [0, 0.05) is 24.2 Å². The number of nitrogens with two attached hydrogens (primary N) is 1. The number of hydrogen-bond acceptors (Lipinski definition) is 3. The van der Waals surface area contributed by atoms with E-state index in [9.17, 15) is 21.6 Å². The zero-order chi connectivity index (χ0) is 15.2. The second-order valence-corrected chi connectivity index (χ2v) is 7.02. The molecule has 0 spiro atoms. The molecule has 1 atom stereocenters. The number of rotatable bonds is 2. The second-order valence-electron chi connectivity index (χ2n) is 5.37. The number of nitrogens with zero attached hydrogens (tertiary/aromatic N) is 2. The van der Waals surface area contributed by atoms with Crippen molar-refractivity contribution < 1.29 is 21.6 Å². The van der Waals surface area contributed by atoms with Gasteiger partial charge in [0.05, 0.1) is 5.69 Å². The molecule has 1 aromatic rings. The smallest absolute Gasteiger partial charge is 0.275 e. The van der Waals surface area contributed by atoms with Crippen molar-refractivity contribution >= 4 is 10.0 Å². The quantitative estimate of drug-likeness (QED) is 0.901. The minimum atomic E-state index is -4.99. The first-order valence-electron chi connectivity index (χ1n) is 5.37. The van der Waals surface area contributed by atoms with Gasteiger partial charge in [-0.3, -0.25) is 4.68 Å². The Kier molecular flexibility index (Phi) is 3.76. The first kappa shape index (κ1) is 16.0. The summed E-state index contributed by atoms with van der Waals surface area (Å²) >= 11 is 0. The number of hydrogen-bond donors (Lipinski definition) is 1. The Morgan fingerprint density at radius 1 is 1.32 bits per heavy atom. The summed E-state index contributed by atoms with van der Waals surface area (Å²) < 4.78 is 62.7. The molecule has 1 heterocycles. The molecule has 1 rings (SSSR count). The van der Waals surface area contributed by atoms with Gasteiger partial charge in [-0.05, 0) is 0 Å². The van der Waals surface area contributed by atoms with E-state index in [-0.39, 0.29) is 5.69 Å². The molecule has 0 aromatic carbocycles. The second kappa shape index (κ2) is 4.48. The third-order valence-electron chi connectivity index (χ3n) is 2.48. The van der Waals surface area contributed by atoms with Crippen molar-refractivity contribution in [3.63, 3.8) is 0 Å². The molecule has 0 saturated heterocycles. The SMILES string of the molecule is Cn1cc(C(C(F)(F)F)S(N)(=O)=O)c(C(C)(C)C)n1. The van der Waals surface area contributed by atoms with Crippen molar-refractivity contribution in [2.45, 2.75) is 37.6 Å². The molecule has 19 heavy (non-hydrogen) atoms. The molecule has 0 aliphatic carbocycles. The minimum Gasteiger partial charge on any atom is -0.275 e. The fraction of sp³-hybridized carbons (Fsp3) is 0.700. The Hall–Kier alpha value is -1.09. The van der Waals surface area contributed by atoms with Crippen LogP contribution in [-0.2, 0) is 22.5 Å². The van der Waals surface area contributed by atoms with E-state index >= 15 is 0 Å². The maximum atomic E-state index is 13.0. The van der Waals surface area contributed by atoms with Gasteiger partial charge >= 0.3 is 6.18 Å². The van der Waals surface area contributed by atoms with Gasteiger partial charge in [-0.2, -0.15) is 18.3 Å². The van der Waals surface area contributed by atoms with Crippen molar-refractivity contribution in [3.8, 4) is 0 Å². The molecular formula is C10H16F3N3O2S. The molecule has 0 bridgehead atoms. The van der Waals surface area contributed by atoms with E-state index in [0.717, 1.165) is 10.9 Å². The van der Waals surface area contributed by atoms with Crippen LogP contribution in [0.5, 0.6) is 0 Å². The molecule has 0 saturated carbocycles. The van der Waals surface area contributed by atoms with E-state index in [2.05, 4.69) is 5.10 Å². The number of halogens is 3. The van der Waals surface area contributed by atoms with Crippen molar-refractivity contribution in [2.24, 2.45) is 12.2 Å². The van der Waals surface area contributed by atoms with Gasteiger partial charge in [0.1, 0.15) is 0 Å². The number of sulfonamides is 1. The maximum Gasteiger partial charge on any atom is 0.410 e. The highest BCUT2D eigenvalue weighted by Gasteiger charge is 2.51. The third kappa shape index (κ3) is 3.47. The van der Waals surface area contributed by atoms with Gasteiger partial charge in [0.25, 0.3) is 0 Å². The Bertz CT molecular complexity index is 570. The van der Waals surface area contributed by atoms with Crippen LogP contribution in [0.4, 0.5) is 13.2 Å². The number of alkyl halides is 3. The monoisotopic (exact) mass is 299 g/mol. The molecule has 0 fully saturated rings. The molecule has 2 N–H and O–H groups in total. The van der Waals surface area contributed by atoms with Gasteiger partial charge < -0.3 is 0 Å². The maximum absolute atomic E-state index is 13.0. The summed E-state index contributed by atoms with van der Waals surface area (Å²) in [6.45, 7) is 4.94. The summed E-state index contributed by atoms with van der Waals surface area (Å²) in [5.41, 5.74) is -1.10. The molecule has 110 valence electrons. The first-order chi connectivity index (χ1) is 8.24. The molecule has 0 aliphatic rings. The van der Waals surface area contributed by atoms with Gasteiger partial charge in [-0.15, -0.1) is 0 Å². The molecule has 0 radical (unpaired) electrons. The van der Waals surface area contributed by atoms with E-state index in [1.807, 2.05) is 0 Å². The lowest BCUT2D eigenvalue weighted by molar-refractivity contribution is -0.131. The lowest BCUT2D eigenvalue weighted by atomic mass is 9.88. The van der Waals surface area contributed by atoms with Crippen LogP contribution in [0.1, 0.15) is 37.3 Å². The van der Waals surface area contributed by atoms with Gasteiger partial charge in [0.2, 0.25) is 10.0 Å². The van der Waals surface area contributed by atoms with Crippen LogP contribution in [0.15, 0.2) is 6.20 Å². The van der Waals surface area contributed by atoms with E-state index in [1.54, 1.807) is 20.8 Å². The Morgan fingerprint density at radius 3 is 2.11 bits per heavy atom. The van der Waals surface area contributed by atoms with Crippen molar-refractivity contribution in [1.29, 1.82) is 0 Å². The molecular weight excluding hydrogens is 283 g/mol. The summed E-state index contributed by atoms with van der Waals surface area (Å²) in [5, 5.41) is 5.90. The molecule has 0 aliphatic heterocycles. The van der Waals surface area contributed by atoms with E-state index < -0.39 is 32.4 Å². The molecule has 0 amide bonds. The lowest BCUT2D eigenvalue weighted by Crippen LogP contribution is -2.34. The highest BCUT2D eigenvalue weighted by atomic mass is 32.2. The Balaban J connectivity index is 3.58. The Morgan fingerprint density at radius 2 is 1.79 bits per heavy atom. The summed E-state index contributed by atoms with van der Waals surface area (Å²) in [6.07, 6.45) is -3.94. The summed E-state index contributed by atoms with van der Waals surface area (Å²) in [4.78, 5) is 0. The topological polar surface area (TPSA) is 78.0 Å². The zero-order valence-corrected chi connectivity index (χ0v) is 11.8. The van der Waals surface area contributed by atoms with Crippen LogP contribution in [0, 0.1) is 0 Å².